The smallest absolute Gasteiger partial charge is 0.338 e. The molecule has 2 aromatic carbocycles. The zero-order chi connectivity index (χ0) is 18.7. The zero-order valence-corrected chi connectivity index (χ0v) is 14.7. The highest BCUT2D eigenvalue weighted by atomic mass is 32.2. The number of nitrogens with one attached hydrogen (secondary N) is 1. The van der Waals surface area contributed by atoms with Gasteiger partial charge in [0.15, 0.2) is 0 Å². The van der Waals surface area contributed by atoms with Crippen molar-refractivity contribution in [2.75, 3.05) is 11.1 Å². The van der Waals surface area contributed by atoms with Gasteiger partial charge in [0.2, 0.25) is 5.91 Å². The van der Waals surface area contributed by atoms with Crippen molar-refractivity contribution in [1.82, 2.24) is 0 Å². The molecule has 0 spiro atoms. The average molecular weight is 372 g/mol. The van der Waals surface area contributed by atoms with E-state index in [9.17, 15) is 19.7 Å². The van der Waals surface area contributed by atoms with Crippen LogP contribution >= 0.6 is 11.8 Å². The number of rotatable bonds is 4. The second kappa shape index (κ2) is 7.57. The molecule has 134 valence electrons. The van der Waals surface area contributed by atoms with E-state index in [-0.39, 0.29) is 11.6 Å². The Hall–Kier alpha value is -2.87. The fourth-order valence-electron chi connectivity index (χ4n) is 2.53. The molecule has 0 fully saturated rings. The van der Waals surface area contributed by atoms with E-state index in [1.54, 1.807) is 49.0 Å². The van der Waals surface area contributed by atoms with E-state index < -0.39 is 17.0 Å². The lowest BCUT2D eigenvalue weighted by molar-refractivity contribution is -0.385. The Kier molecular flexibility index (Phi) is 5.22. The van der Waals surface area contributed by atoms with Gasteiger partial charge in [-0.25, -0.2) is 4.79 Å². The zero-order valence-electron chi connectivity index (χ0n) is 13.9. The van der Waals surface area contributed by atoms with E-state index in [0.29, 0.717) is 29.0 Å². The van der Waals surface area contributed by atoms with Gasteiger partial charge in [0.25, 0.3) is 5.69 Å². The van der Waals surface area contributed by atoms with Gasteiger partial charge in [-0.1, -0.05) is 12.1 Å². The molecule has 1 aliphatic heterocycles. The molecule has 1 N–H and O–H groups in total. The van der Waals surface area contributed by atoms with Crippen LogP contribution in [0.5, 0.6) is 0 Å². The number of nitrogens with zero attached hydrogens (tertiary/aromatic N) is 1. The van der Waals surface area contributed by atoms with Crippen LogP contribution in [0, 0.1) is 10.1 Å². The van der Waals surface area contributed by atoms with Crippen LogP contribution in [-0.2, 0) is 9.53 Å². The van der Waals surface area contributed by atoms with Crippen LogP contribution < -0.4 is 5.32 Å². The molecule has 0 saturated carbocycles. The third kappa shape index (κ3) is 4.02. The van der Waals surface area contributed by atoms with Gasteiger partial charge in [-0.05, 0) is 30.7 Å². The lowest BCUT2D eigenvalue weighted by Crippen LogP contribution is -2.12. The highest BCUT2D eigenvalue weighted by Gasteiger charge is 2.19. The first kappa shape index (κ1) is 17.9. The van der Waals surface area contributed by atoms with Gasteiger partial charge in [0.1, 0.15) is 6.10 Å². The van der Waals surface area contributed by atoms with Crippen LogP contribution in [-0.4, -0.2) is 22.6 Å². The summed E-state index contributed by atoms with van der Waals surface area (Å²) >= 11 is 1.55. The van der Waals surface area contributed by atoms with Gasteiger partial charge < -0.3 is 10.1 Å². The normalized spacial score (nSPS) is 14.6. The fourth-order valence-corrected chi connectivity index (χ4v) is 3.47. The molecule has 0 aliphatic carbocycles. The van der Waals surface area contributed by atoms with Crippen LogP contribution in [0.4, 0.5) is 11.4 Å². The second-order valence-electron chi connectivity index (χ2n) is 5.76. The summed E-state index contributed by atoms with van der Waals surface area (Å²) in [6.45, 7) is 1.65. The number of ether oxygens (including phenoxy) is 1. The minimum Gasteiger partial charge on any atom is -0.454 e. The summed E-state index contributed by atoms with van der Waals surface area (Å²) in [7, 11) is 0. The predicted molar refractivity (Wildman–Crippen MR) is 97.3 cm³/mol. The highest BCUT2D eigenvalue weighted by Crippen LogP contribution is 2.32. The molecule has 1 atom stereocenters. The molecule has 7 nitrogen and oxygen atoms in total. The third-order valence-corrected chi connectivity index (χ3v) is 4.99. The van der Waals surface area contributed by atoms with Crippen molar-refractivity contribution in [3.63, 3.8) is 0 Å². The van der Waals surface area contributed by atoms with Crippen LogP contribution in [0.2, 0.25) is 0 Å². The van der Waals surface area contributed by atoms with Crippen molar-refractivity contribution < 1.29 is 19.2 Å². The Balaban J connectivity index is 1.76. The molecule has 0 aromatic heterocycles. The van der Waals surface area contributed by atoms with Crippen molar-refractivity contribution in [3.05, 3.63) is 63.7 Å². The number of carbonyl (C=O) groups excluding carboxylic acids is 2. The average Bonchev–Trinajstić information content (AvgIpc) is 2.81. The fraction of sp³-hybridized carbons (Fsp3) is 0.222. The molecule has 0 radical (unpaired) electrons. The highest BCUT2D eigenvalue weighted by molar-refractivity contribution is 7.99. The molecule has 8 heteroatoms. The van der Waals surface area contributed by atoms with E-state index in [4.69, 9.17) is 4.74 Å². The maximum atomic E-state index is 12.4. The first-order chi connectivity index (χ1) is 12.4. The van der Waals surface area contributed by atoms with Crippen LogP contribution in [0.3, 0.4) is 0 Å². The summed E-state index contributed by atoms with van der Waals surface area (Å²) < 4.78 is 5.43. The number of anilines is 1. The number of hydrogen-bond donors (Lipinski definition) is 1. The summed E-state index contributed by atoms with van der Waals surface area (Å²) in [4.78, 5) is 35.4. The topological polar surface area (TPSA) is 98.5 Å². The maximum absolute atomic E-state index is 12.4. The number of amides is 1. The van der Waals surface area contributed by atoms with E-state index in [2.05, 4.69) is 5.32 Å². The number of nitro groups is 1. The second-order valence-corrected chi connectivity index (χ2v) is 6.89. The minimum atomic E-state index is -0.648. The largest absolute Gasteiger partial charge is 0.454 e. The third-order valence-electron chi connectivity index (χ3n) is 3.91. The van der Waals surface area contributed by atoms with Gasteiger partial charge in [0.05, 0.1) is 16.2 Å². The Morgan fingerprint density at radius 2 is 2.12 bits per heavy atom. The molecule has 1 amide bonds. The SMILES string of the molecule is C[C@@H](OC(=O)c1ccc2c(c1)NC(=O)CCS2)c1cccc([N+](=O)[O-])c1. The Morgan fingerprint density at radius 3 is 2.88 bits per heavy atom. The van der Waals surface area contributed by atoms with Gasteiger partial charge in [0, 0.05) is 29.2 Å². The number of carbonyl (C=O) groups is 2. The summed E-state index contributed by atoms with van der Waals surface area (Å²) in [6.07, 6.45) is -0.228. The monoisotopic (exact) mass is 372 g/mol. The first-order valence-corrected chi connectivity index (χ1v) is 8.94. The lowest BCUT2D eigenvalue weighted by Gasteiger charge is -2.14. The van der Waals surface area contributed by atoms with Crippen molar-refractivity contribution in [3.8, 4) is 0 Å². The number of hydrogen-bond acceptors (Lipinski definition) is 6. The quantitative estimate of drug-likeness (QED) is 0.496. The molecule has 0 bridgehead atoms. The summed E-state index contributed by atoms with van der Waals surface area (Å²) in [5, 5.41) is 13.7. The molecular formula is C18H16N2O5S. The summed E-state index contributed by atoms with van der Waals surface area (Å²) in [5.74, 6) is 0.0361. The molecular weight excluding hydrogens is 356 g/mol. The molecule has 0 saturated heterocycles. The summed E-state index contributed by atoms with van der Waals surface area (Å²) in [5.41, 5.74) is 1.38. The lowest BCUT2D eigenvalue weighted by atomic mass is 10.1. The van der Waals surface area contributed by atoms with Gasteiger partial charge in [-0.3, -0.25) is 14.9 Å². The van der Waals surface area contributed by atoms with Crippen LogP contribution in [0.25, 0.3) is 0 Å². The molecule has 2 aromatic rings. The minimum absolute atomic E-state index is 0.0600. The molecule has 1 heterocycles. The van der Waals surface area contributed by atoms with Gasteiger partial charge >= 0.3 is 5.97 Å². The maximum Gasteiger partial charge on any atom is 0.338 e. The van der Waals surface area contributed by atoms with Crippen molar-refractivity contribution in [2.45, 2.75) is 24.3 Å². The van der Waals surface area contributed by atoms with E-state index in [1.165, 1.54) is 12.1 Å². The molecule has 3 rings (SSSR count). The standard InChI is InChI=1S/C18H16N2O5S/c1-11(12-3-2-4-14(9-12)20(23)24)25-18(22)13-5-6-16-15(10-13)19-17(21)7-8-26-16/h2-6,9-11H,7-8H2,1H3,(H,19,21)/t11-/m1/s1. The van der Waals surface area contributed by atoms with Crippen molar-refractivity contribution in [1.29, 1.82) is 0 Å². The number of esters is 1. The first-order valence-electron chi connectivity index (χ1n) is 7.96. The Bertz CT molecular complexity index is 884. The number of fused-ring (bicyclic) bond motifs is 1. The predicted octanol–water partition coefficient (Wildman–Crippen LogP) is 3.95. The van der Waals surface area contributed by atoms with E-state index >= 15 is 0 Å². The number of thioether (sulfide) groups is 1. The van der Waals surface area contributed by atoms with Crippen LogP contribution in [0.15, 0.2) is 47.4 Å². The van der Waals surface area contributed by atoms with Crippen molar-refractivity contribution in [2.24, 2.45) is 0 Å². The Labute approximate surface area is 153 Å². The van der Waals surface area contributed by atoms with E-state index in [0.717, 1.165) is 4.90 Å². The van der Waals surface area contributed by atoms with Crippen molar-refractivity contribution >= 4 is 35.0 Å². The number of non-ortho nitro benzene ring substituents is 1. The Morgan fingerprint density at radius 1 is 1.31 bits per heavy atom. The molecule has 0 unspecified atom stereocenters. The van der Waals surface area contributed by atoms with Crippen LogP contribution in [0.1, 0.15) is 35.4 Å². The number of benzene rings is 2. The molecule has 1 aliphatic rings. The van der Waals surface area contributed by atoms with Gasteiger partial charge in [-0.2, -0.15) is 0 Å². The summed E-state index contributed by atoms with van der Waals surface area (Å²) in [6, 6.07) is 11.0. The van der Waals surface area contributed by atoms with Gasteiger partial charge in [-0.15, -0.1) is 11.8 Å². The number of nitro benzene ring substituents is 1. The molecule has 26 heavy (non-hydrogen) atoms. The van der Waals surface area contributed by atoms with E-state index in [1.807, 2.05) is 0 Å².